The summed E-state index contributed by atoms with van der Waals surface area (Å²) in [6, 6.07) is 15.3. The fourth-order valence-corrected chi connectivity index (χ4v) is 2.65. The first-order valence-corrected chi connectivity index (χ1v) is 7.99. The van der Waals surface area contributed by atoms with Crippen molar-refractivity contribution in [1.82, 2.24) is 5.32 Å². The minimum absolute atomic E-state index is 0.439. The maximum atomic E-state index is 5.29. The number of nitrogens with one attached hydrogen (secondary N) is 1. The number of benzene rings is 2. The molecule has 112 valence electrons. The van der Waals surface area contributed by atoms with E-state index in [1.54, 1.807) is 7.11 Å². The standard InChI is InChI=1S/C18H22BrNO/c1-13-10-16(6-9-18(13)21-3)12-20-14(2)11-15-4-7-17(19)8-5-15/h4-10,14,20H,11-12H2,1-3H3. The van der Waals surface area contributed by atoms with Crippen molar-refractivity contribution in [3.05, 3.63) is 63.6 Å². The van der Waals surface area contributed by atoms with Crippen LogP contribution in [0.3, 0.4) is 0 Å². The molecule has 1 atom stereocenters. The Bertz CT molecular complexity index is 580. The van der Waals surface area contributed by atoms with Gasteiger partial charge in [-0.15, -0.1) is 0 Å². The monoisotopic (exact) mass is 347 g/mol. The maximum absolute atomic E-state index is 5.29. The molecule has 0 radical (unpaired) electrons. The van der Waals surface area contributed by atoms with Gasteiger partial charge in [-0.25, -0.2) is 0 Å². The largest absolute Gasteiger partial charge is 0.496 e. The first kappa shape index (κ1) is 16.1. The Morgan fingerprint density at radius 1 is 1.10 bits per heavy atom. The molecule has 2 aromatic carbocycles. The van der Waals surface area contributed by atoms with Gasteiger partial charge in [-0.1, -0.05) is 40.2 Å². The second kappa shape index (κ2) is 7.62. The van der Waals surface area contributed by atoms with Gasteiger partial charge >= 0.3 is 0 Å². The molecule has 2 rings (SSSR count). The van der Waals surface area contributed by atoms with E-state index in [0.717, 1.165) is 23.2 Å². The molecule has 0 bridgehead atoms. The highest BCUT2D eigenvalue weighted by molar-refractivity contribution is 9.10. The van der Waals surface area contributed by atoms with Crippen LogP contribution in [0.4, 0.5) is 0 Å². The molecule has 0 aliphatic carbocycles. The lowest BCUT2D eigenvalue weighted by Crippen LogP contribution is -2.27. The van der Waals surface area contributed by atoms with E-state index in [9.17, 15) is 0 Å². The highest BCUT2D eigenvalue weighted by Crippen LogP contribution is 2.18. The summed E-state index contributed by atoms with van der Waals surface area (Å²) in [6.45, 7) is 5.18. The number of methoxy groups -OCH3 is 1. The topological polar surface area (TPSA) is 21.3 Å². The third-order valence-electron chi connectivity index (χ3n) is 3.57. The molecule has 0 saturated carbocycles. The highest BCUT2D eigenvalue weighted by atomic mass is 79.9. The Balaban J connectivity index is 1.87. The summed E-state index contributed by atoms with van der Waals surface area (Å²) in [5, 5.41) is 3.57. The van der Waals surface area contributed by atoms with Gasteiger partial charge in [-0.3, -0.25) is 0 Å². The van der Waals surface area contributed by atoms with Crippen molar-refractivity contribution in [3.8, 4) is 5.75 Å². The Kier molecular flexibility index (Phi) is 5.83. The molecule has 0 fully saturated rings. The molecule has 0 heterocycles. The first-order valence-electron chi connectivity index (χ1n) is 7.20. The van der Waals surface area contributed by atoms with Crippen LogP contribution in [-0.2, 0) is 13.0 Å². The number of rotatable bonds is 6. The smallest absolute Gasteiger partial charge is 0.121 e. The zero-order valence-electron chi connectivity index (χ0n) is 12.8. The van der Waals surface area contributed by atoms with E-state index in [1.165, 1.54) is 16.7 Å². The van der Waals surface area contributed by atoms with Gasteiger partial charge in [0.1, 0.15) is 5.75 Å². The second-order valence-electron chi connectivity index (χ2n) is 5.42. The molecule has 0 saturated heterocycles. The summed E-state index contributed by atoms with van der Waals surface area (Å²) < 4.78 is 6.42. The van der Waals surface area contributed by atoms with Crippen LogP contribution in [0.25, 0.3) is 0 Å². The molecule has 2 nitrogen and oxygen atoms in total. The average molecular weight is 348 g/mol. The van der Waals surface area contributed by atoms with Crippen molar-refractivity contribution in [1.29, 1.82) is 0 Å². The molecule has 3 heteroatoms. The van der Waals surface area contributed by atoms with E-state index >= 15 is 0 Å². The second-order valence-corrected chi connectivity index (χ2v) is 6.33. The molecule has 2 aromatic rings. The van der Waals surface area contributed by atoms with Gasteiger partial charge in [-0.2, -0.15) is 0 Å². The summed E-state index contributed by atoms with van der Waals surface area (Å²) in [4.78, 5) is 0. The van der Waals surface area contributed by atoms with Crippen molar-refractivity contribution < 1.29 is 4.74 Å². The lowest BCUT2D eigenvalue weighted by molar-refractivity contribution is 0.411. The summed E-state index contributed by atoms with van der Waals surface area (Å²) >= 11 is 3.47. The summed E-state index contributed by atoms with van der Waals surface area (Å²) in [5.41, 5.74) is 3.82. The minimum Gasteiger partial charge on any atom is -0.496 e. The Hall–Kier alpha value is -1.32. The van der Waals surface area contributed by atoms with E-state index in [-0.39, 0.29) is 0 Å². The lowest BCUT2D eigenvalue weighted by atomic mass is 10.1. The van der Waals surface area contributed by atoms with Crippen LogP contribution in [-0.4, -0.2) is 13.2 Å². The van der Waals surface area contributed by atoms with Crippen LogP contribution in [0.5, 0.6) is 5.75 Å². The normalized spacial score (nSPS) is 12.2. The van der Waals surface area contributed by atoms with Gasteiger partial charge in [0, 0.05) is 17.1 Å². The molecule has 1 N–H and O–H groups in total. The van der Waals surface area contributed by atoms with Crippen molar-refractivity contribution in [2.24, 2.45) is 0 Å². The summed E-state index contributed by atoms with van der Waals surface area (Å²) in [5.74, 6) is 0.946. The van der Waals surface area contributed by atoms with Crippen LogP contribution in [0.2, 0.25) is 0 Å². The van der Waals surface area contributed by atoms with Gasteiger partial charge in [0.05, 0.1) is 7.11 Å². The van der Waals surface area contributed by atoms with Crippen molar-refractivity contribution in [2.75, 3.05) is 7.11 Å². The molecular formula is C18H22BrNO. The van der Waals surface area contributed by atoms with Crippen LogP contribution in [0.15, 0.2) is 46.9 Å². The van der Waals surface area contributed by atoms with Gasteiger partial charge < -0.3 is 10.1 Å². The maximum Gasteiger partial charge on any atom is 0.121 e. The van der Waals surface area contributed by atoms with Gasteiger partial charge in [0.25, 0.3) is 0 Å². The SMILES string of the molecule is COc1ccc(CNC(C)Cc2ccc(Br)cc2)cc1C. The molecule has 0 aromatic heterocycles. The fourth-order valence-electron chi connectivity index (χ4n) is 2.39. The van der Waals surface area contributed by atoms with E-state index in [0.29, 0.717) is 6.04 Å². The number of aryl methyl sites for hydroxylation is 1. The Labute approximate surface area is 135 Å². The van der Waals surface area contributed by atoms with Crippen molar-refractivity contribution in [2.45, 2.75) is 32.9 Å². The molecule has 1 unspecified atom stereocenters. The van der Waals surface area contributed by atoms with Crippen molar-refractivity contribution in [3.63, 3.8) is 0 Å². The van der Waals surface area contributed by atoms with E-state index in [4.69, 9.17) is 4.74 Å². The Morgan fingerprint density at radius 3 is 2.38 bits per heavy atom. The third kappa shape index (κ3) is 4.87. The fraction of sp³-hybridized carbons (Fsp3) is 0.333. The van der Waals surface area contributed by atoms with Gasteiger partial charge in [0.2, 0.25) is 0 Å². The van der Waals surface area contributed by atoms with Gasteiger partial charge in [-0.05, 0) is 55.2 Å². The molecule has 0 aliphatic heterocycles. The average Bonchev–Trinajstić information content (AvgIpc) is 2.48. The Morgan fingerprint density at radius 2 is 1.76 bits per heavy atom. The number of ether oxygens (including phenoxy) is 1. The van der Waals surface area contributed by atoms with E-state index in [2.05, 4.69) is 71.5 Å². The summed E-state index contributed by atoms with van der Waals surface area (Å²) in [6.07, 6.45) is 1.03. The zero-order chi connectivity index (χ0) is 15.2. The van der Waals surface area contributed by atoms with Crippen LogP contribution >= 0.6 is 15.9 Å². The van der Waals surface area contributed by atoms with Crippen LogP contribution < -0.4 is 10.1 Å². The third-order valence-corrected chi connectivity index (χ3v) is 4.10. The van der Waals surface area contributed by atoms with Crippen LogP contribution in [0, 0.1) is 6.92 Å². The van der Waals surface area contributed by atoms with Crippen molar-refractivity contribution >= 4 is 15.9 Å². The summed E-state index contributed by atoms with van der Waals surface area (Å²) in [7, 11) is 1.71. The lowest BCUT2D eigenvalue weighted by Gasteiger charge is -2.15. The zero-order valence-corrected chi connectivity index (χ0v) is 14.4. The molecule has 21 heavy (non-hydrogen) atoms. The number of hydrogen-bond acceptors (Lipinski definition) is 2. The van der Waals surface area contributed by atoms with Gasteiger partial charge in [0.15, 0.2) is 0 Å². The number of hydrogen-bond donors (Lipinski definition) is 1. The van der Waals surface area contributed by atoms with Crippen LogP contribution in [0.1, 0.15) is 23.6 Å². The quantitative estimate of drug-likeness (QED) is 0.831. The molecule has 0 aliphatic rings. The van der Waals surface area contributed by atoms with E-state index in [1.807, 2.05) is 6.07 Å². The number of halogens is 1. The molecule has 0 spiro atoms. The first-order chi connectivity index (χ1) is 10.1. The minimum atomic E-state index is 0.439. The molecular weight excluding hydrogens is 326 g/mol. The highest BCUT2D eigenvalue weighted by Gasteiger charge is 2.05. The van der Waals surface area contributed by atoms with E-state index < -0.39 is 0 Å². The predicted octanol–water partition coefficient (Wildman–Crippen LogP) is 4.49. The molecule has 0 amide bonds. The predicted molar refractivity (Wildman–Crippen MR) is 91.9 cm³/mol.